The van der Waals surface area contributed by atoms with Crippen molar-refractivity contribution in [1.82, 2.24) is 0 Å². The van der Waals surface area contributed by atoms with Gasteiger partial charge in [-0.15, -0.1) is 0 Å². The SMILES string of the molecule is CC(C)c1ccc(S(C)(O)O)cc1Cl. The van der Waals surface area contributed by atoms with Crippen LogP contribution in [0.5, 0.6) is 0 Å². The lowest BCUT2D eigenvalue weighted by Gasteiger charge is -2.27. The molecule has 14 heavy (non-hydrogen) atoms. The van der Waals surface area contributed by atoms with E-state index in [4.69, 9.17) is 11.6 Å². The summed E-state index contributed by atoms with van der Waals surface area (Å²) >= 11 is 6.02. The lowest BCUT2D eigenvalue weighted by Crippen LogP contribution is -1.96. The molecule has 4 heteroatoms. The van der Waals surface area contributed by atoms with Gasteiger partial charge in [0.1, 0.15) is 0 Å². The molecule has 0 unspecified atom stereocenters. The molecule has 0 heterocycles. The number of benzene rings is 1. The van der Waals surface area contributed by atoms with E-state index in [0.717, 1.165) is 5.56 Å². The summed E-state index contributed by atoms with van der Waals surface area (Å²) in [5.41, 5.74) is 1.03. The first-order chi connectivity index (χ1) is 6.32. The Bertz CT molecular complexity index is 331. The van der Waals surface area contributed by atoms with Gasteiger partial charge in [0.05, 0.1) is 4.90 Å². The highest BCUT2D eigenvalue weighted by molar-refractivity contribution is 8.23. The maximum atomic E-state index is 9.42. The van der Waals surface area contributed by atoms with Crippen LogP contribution in [0.2, 0.25) is 5.02 Å². The van der Waals surface area contributed by atoms with Crippen molar-refractivity contribution in [3.8, 4) is 0 Å². The van der Waals surface area contributed by atoms with Crippen molar-refractivity contribution in [3.05, 3.63) is 28.8 Å². The highest BCUT2D eigenvalue weighted by atomic mass is 35.5. The minimum Gasteiger partial charge on any atom is -0.295 e. The van der Waals surface area contributed by atoms with Gasteiger partial charge in [-0.1, -0.05) is 31.5 Å². The first-order valence-corrected chi connectivity index (χ1v) is 6.68. The van der Waals surface area contributed by atoms with Crippen molar-refractivity contribution in [1.29, 1.82) is 0 Å². The summed E-state index contributed by atoms with van der Waals surface area (Å²) in [4.78, 5) is 0.493. The lowest BCUT2D eigenvalue weighted by atomic mass is 10.0. The molecule has 0 aliphatic rings. The van der Waals surface area contributed by atoms with Gasteiger partial charge in [0, 0.05) is 11.3 Å². The molecule has 1 aromatic carbocycles. The molecule has 2 N–H and O–H groups in total. The summed E-state index contributed by atoms with van der Waals surface area (Å²) in [6.45, 7) is 4.09. The maximum Gasteiger partial charge on any atom is 0.0595 e. The maximum absolute atomic E-state index is 9.42. The Morgan fingerprint density at radius 3 is 2.21 bits per heavy atom. The Balaban J connectivity index is 3.13. The van der Waals surface area contributed by atoms with Gasteiger partial charge in [-0.2, -0.15) is 10.6 Å². The van der Waals surface area contributed by atoms with Crippen LogP contribution < -0.4 is 0 Å². The van der Waals surface area contributed by atoms with Crippen LogP contribution in [-0.2, 0) is 0 Å². The summed E-state index contributed by atoms with van der Waals surface area (Å²) in [5.74, 6) is 0.343. The van der Waals surface area contributed by atoms with E-state index < -0.39 is 10.6 Å². The van der Waals surface area contributed by atoms with Crippen LogP contribution in [0, 0.1) is 0 Å². The van der Waals surface area contributed by atoms with Crippen LogP contribution in [0.3, 0.4) is 0 Å². The van der Waals surface area contributed by atoms with Crippen molar-refractivity contribution in [3.63, 3.8) is 0 Å². The molecule has 0 spiro atoms. The van der Waals surface area contributed by atoms with Crippen molar-refractivity contribution >= 4 is 22.2 Å². The van der Waals surface area contributed by atoms with Gasteiger partial charge >= 0.3 is 0 Å². The van der Waals surface area contributed by atoms with Gasteiger partial charge in [0.2, 0.25) is 0 Å². The Morgan fingerprint density at radius 2 is 1.86 bits per heavy atom. The van der Waals surface area contributed by atoms with Gasteiger partial charge in [0.15, 0.2) is 0 Å². The first kappa shape index (κ1) is 11.9. The zero-order chi connectivity index (χ0) is 10.9. The van der Waals surface area contributed by atoms with Gasteiger partial charge in [0.25, 0.3) is 0 Å². The standard InChI is InChI=1S/C10H15ClO2S/c1-7(2)9-5-4-8(6-10(9)11)14(3,12)13/h4-7,12-13H,1-3H3. The summed E-state index contributed by atoms with van der Waals surface area (Å²) in [6, 6.07) is 5.20. The molecule has 0 atom stereocenters. The van der Waals surface area contributed by atoms with Crippen LogP contribution in [-0.4, -0.2) is 15.4 Å². The highest BCUT2D eigenvalue weighted by Crippen LogP contribution is 2.45. The molecule has 0 fully saturated rings. The van der Waals surface area contributed by atoms with Crippen LogP contribution in [0.4, 0.5) is 0 Å². The van der Waals surface area contributed by atoms with Crippen LogP contribution in [0.25, 0.3) is 0 Å². The Labute approximate surface area is 91.3 Å². The van der Waals surface area contributed by atoms with Gasteiger partial charge in [-0.05, 0) is 23.6 Å². The van der Waals surface area contributed by atoms with Crippen molar-refractivity contribution in [2.24, 2.45) is 0 Å². The fraction of sp³-hybridized carbons (Fsp3) is 0.400. The number of hydrogen-bond donors (Lipinski definition) is 2. The quantitative estimate of drug-likeness (QED) is 0.805. The minimum absolute atomic E-state index is 0.343. The smallest absolute Gasteiger partial charge is 0.0595 e. The first-order valence-electron chi connectivity index (χ1n) is 4.35. The van der Waals surface area contributed by atoms with E-state index in [1.54, 1.807) is 12.1 Å². The van der Waals surface area contributed by atoms with E-state index >= 15 is 0 Å². The van der Waals surface area contributed by atoms with Crippen LogP contribution in [0.1, 0.15) is 25.3 Å². The fourth-order valence-electron chi connectivity index (χ4n) is 1.22. The molecular weight excluding hydrogens is 220 g/mol. The summed E-state index contributed by atoms with van der Waals surface area (Å²) in [7, 11) is -2.65. The normalized spacial score (nSPS) is 13.4. The summed E-state index contributed by atoms with van der Waals surface area (Å²) in [5, 5.41) is 0.597. The van der Waals surface area contributed by atoms with Gasteiger partial charge in [-0.3, -0.25) is 9.11 Å². The van der Waals surface area contributed by atoms with E-state index in [9.17, 15) is 9.11 Å². The zero-order valence-electron chi connectivity index (χ0n) is 8.49. The van der Waals surface area contributed by atoms with E-state index in [1.807, 2.05) is 19.9 Å². The predicted octanol–water partition coefficient (Wildman–Crippen LogP) is 4.20. The number of rotatable bonds is 2. The largest absolute Gasteiger partial charge is 0.295 e. The fourth-order valence-corrected chi connectivity index (χ4v) is 2.35. The zero-order valence-corrected chi connectivity index (χ0v) is 10.1. The van der Waals surface area contributed by atoms with Crippen LogP contribution >= 0.6 is 22.2 Å². The molecular formula is C10H15ClO2S. The Hall–Kier alpha value is -0.220. The third-order valence-corrected chi connectivity index (χ3v) is 3.51. The minimum atomic E-state index is -2.65. The molecule has 0 saturated carbocycles. The third kappa shape index (κ3) is 2.64. The molecule has 0 radical (unpaired) electrons. The lowest BCUT2D eigenvalue weighted by molar-refractivity contribution is 0.495. The second kappa shape index (κ2) is 4.11. The monoisotopic (exact) mass is 234 g/mol. The molecule has 0 amide bonds. The molecule has 1 aromatic rings. The topological polar surface area (TPSA) is 40.5 Å². The average Bonchev–Trinajstić information content (AvgIpc) is 2.01. The summed E-state index contributed by atoms with van der Waals surface area (Å²) < 4.78 is 18.8. The molecule has 0 aromatic heterocycles. The van der Waals surface area contributed by atoms with Crippen molar-refractivity contribution < 1.29 is 9.11 Å². The molecule has 0 aliphatic carbocycles. The Morgan fingerprint density at radius 1 is 1.29 bits per heavy atom. The second-order valence-electron chi connectivity index (χ2n) is 3.67. The second-order valence-corrected chi connectivity index (χ2v) is 6.22. The average molecular weight is 235 g/mol. The molecule has 0 aliphatic heterocycles. The van der Waals surface area contributed by atoms with Crippen molar-refractivity contribution in [2.75, 3.05) is 6.26 Å². The van der Waals surface area contributed by atoms with E-state index in [1.165, 1.54) is 6.26 Å². The molecule has 0 saturated heterocycles. The van der Waals surface area contributed by atoms with E-state index in [2.05, 4.69) is 0 Å². The third-order valence-electron chi connectivity index (χ3n) is 2.04. The predicted molar refractivity (Wildman–Crippen MR) is 62.6 cm³/mol. The van der Waals surface area contributed by atoms with E-state index in [0.29, 0.717) is 15.8 Å². The van der Waals surface area contributed by atoms with Gasteiger partial charge in [-0.25, -0.2) is 0 Å². The molecule has 2 nitrogen and oxygen atoms in total. The molecule has 1 rings (SSSR count). The highest BCUT2D eigenvalue weighted by Gasteiger charge is 2.12. The summed E-state index contributed by atoms with van der Waals surface area (Å²) in [6.07, 6.45) is 1.40. The number of halogens is 1. The van der Waals surface area contributed by atoms with Gasteiger partial charge < -0.3 is 0 Å². The number of hydrogen-bond acceptors (Lipinski definition) is 2. The molecule has 80 valence electrons. The Kier molecular flexibility index (Phi) is 3.48. The molecule has 0 bridgehead atoms. The van der Waals surface area contributed by atoms with E-state index in [-0.39, 0.29) is 0 Å². The van der Waals surface area contributed by atoms with Crippen LogP contribution in [0.15, 0.2) is 23.1 Å². The van der Waals surface area contributed by atoms with Crippen molar-refractivity contribution in [2.45, 2.75) is 24.7 Å².